The summed E-state index contributed by atoms with van der Waals surface area (Å²) in [6, 6.07) is 0. The number of nitrogens with zero attached hydrogens (tertiary/aromatic N) is 1. The van der Waals surface area contributed by atoms with E-state index in [1.807, 2.05) is 0 Å². The number of nitrogens with one attached hydrogen (secondary N) is 1. The van der Waals surface area contributed by atoms with Gasteiger partial charge in [-0.1, -0.05) is 50.7 Å². The Morgan fingerprint density at radius 3 is 1.81 bits per heavy atom. The molecule has 0 saturated carbocycles. The van der Waals surface area contributed by atoms with Crippen LogP contribution in [0, 0.1) is 0 Å². The molecule has 27 heavy (non-hydrogen) atoms. The van der Waals surface area contributed by atoms with Gasteiger partial charge in [0.2, 0.25) is 5.91 Å². The summed E-state index contributed by atoms with van der Waals surface area (Å²) in [5, 5.41) is 3.00. The second-order valence-corrected chi connectivity index (χ2v) is 7.80. The van der Waals surface area contributed by atoms with Gasteiger partial charge in [-0.15, -0.1) is 0 Å². The van der Waals surface area contributed by atoms with Crippen LogP contribution in [0.25, 0.3) is 0 Å². The van der Waals surface area contributed by atoms with Gasteiger partial charge in [0, 0.05) is 19.4 Å². The second kappa shape index (κ2) is 21.1. The van der Waals surface area contributed by atoms with E-state index in [1.54, 1.807) is 0 Å². The smallest absolute Gasteiger partial charge is 0.219 e. The molecule has 1 amide bonds. The average Bonchev–Trinajstić information content (AvgIpc) is 2.64. The fraction of sp³-hybridized carbons (Fsp3) is 0.826. The molecule has 0 aliphatic rings. The highest BCUT2D eigenvalue weighted by Crippen LogP contribution is 2.09. The minimum absolute atomic E-state index is 0.209. The minimum atomic E-state index is 0.209. The highest BCUT2D eigenvalue weighted by Gasteiger charge is 2.00. The maximum atomic E-state index is 11.7. The van der Waals surface area contributed by atoms with Crippen LogP contribution in [0.5, 0.6) is 0 Å². The van der Waals surface area contributed by atoms with E-state index < -0.39 is 0 Å². The first-order valence-corrected chi connectivity index (χ1v) is 11.2. The van der Waals surface area contributed by atoms with Gasteiger partial charge < -0.3 is 15.0 Å². The molecule has 0 saturated heterocycles. The first kappa shape index (κ1) is 25.8. The van der Waals surface area contributed by atoms with Crippen LogP contribution in [-0.2, 0) is 9.59 Å². The molecule has 1 N–H and O–H groups in total. The number of carbonyl (C=O) groups excluding carboxylic acids is 2. The average molecular weight is 381 g/mol. The number of carbonyl (C=O) groups is 2. The third-order valence-corrected chi connectivity index (χ3v) is 4.74. The largest absolute Gasteiger partial charge is 0.356 e. The zero-order valence-corrected chi connectivity index (χ0v) is 18.0. The molecular formula is C23H44N2O2. The van der Waals surface area contributed by atoms with Gasteiger partial charge in [0.1, 0.15) is 6.29 Å². The van der Waals surface area contributed by atoms with E-state index in [0.29, 0.717) is 6.42 Å². The number of aldehydes is 1. The molecule has 4 nitrogen and oxygen atoms in total. The SMILES string of the molecule is CN(C)CCCNC(=O)CCCCCCC/C=C/CCCCCCCC=O. The molecule has 0 aromatic heterocycles. The number of hydrogen-bond donors (Lipinski definition) is 1. The molecule has 0 aromatic rings. The Hall–Kier alpha value is -1.16. The van der Waals surface area contributed by atoms with Crippen molar-refractivity contribution in [3.8, 4) is 0 Å². The van der Waals surface area contributed by atoms with E-state index in [4.69, 9.17) is 0 Å². The fourth-order valence-electron chi connectivity index (χ4n) is 3.05. The van der Waals surface area contributed by atoms with Crippen LogP contribution >= 0.6 is 0 Å². The van der Waals surface area contributed by atoms with Crippen molar-refractivity contribution in [1.82, 2.24) is 10.2 Å². The van der Waals surface area contributed by atoms with Crippen molar-refractivity contribution in [2.45, 2.75) is 96.3 Å². The second-order valence-electron chi connectivity index (χ2n) is 7.80. The number of amides is 1. The molecular weight excluding hydrogens is 336 g/mol. The van der Waals surface area contributed by atoms with Gasteiger partial charge in [-0.2, -0.15) is 0 Å². The molecule has 0 fully saturated rings. The number of unbranched alkanes of at least 4 members (excludes halogenated alkanes) is 11. The van der Waals surface area contributed by atoms with Crippen molar-refractivity contribution < 1.29 is 9.59 Å². The zero-order valence-electron chi connectivity index (χ0n) is 18.0. The summed E-state index contributed by atoms with van der Waals surface area (Å²) in [5.74, 6) is 0.209. The molecule has 0 atom stereocenters. The van der Waals surface area contributed by atoms with Crippen molar-refractivity contribution in [2.75, 3.05) is 27.2 Å². The minimum Gasteiger partial charge on any atom is -0.356 e. The third kappa shape index (κ3) is 22.8. The topological polar surface area (TPSA) is 49.4 Å². The third-order valence-electron chi connectivity index (χ3n) is 4.74. The molecule has 0 bridgehead atoms. The van der Waals surface area contributed by atoms with Gasteiger partial charge in [0.05, 0.1) is 0 Å². The maximum absolute atomic E-state index is 11.7. The van der Waals surface area contributed by atoms with Gasteiger partial charge in [0.15, 0.2) is 0 Å². The Bertz CT molecular complexity index is 367. The van der Waals surface area contributed by atoms with Crippen LogP contribution in [0.3, 0.4) is 0 Å². The Labute approximate surface area is 168 Å². The summed E-state index contributed by atoms with van der Waals surface area (Å²) in [5.41, 5.74) is 0. The Balaban J connectivity index is 3.21. The van der Waals surface area contributed by atoms with E-state index in [9.17, 15) is 9.59 Å². The van der Waals surface area contributed by atoms with Crippen molar-refractivity contribution in [3.05, 3.63) is 12.2 Å². The molecule has 0 unspecified atom stereocenters. The lowest BCUT2D eigenvalue weighted by atomic mass is 10.1. The lowest BCUT2D eigenvalue weighted by Crippen LogP contribution is -2.26. The standard InChI is InChI=1S/C23H44N2O2/c1-25(2)21-18-20-24-23(27)19-16-14-12-10-8-6-4-3-5-7-9-11-13-15-17-22-26/h3-4,22H,5-21H2,1-2H3,(H,24,27)/b4-3+. The fourth-order valence-corrected chi connectivity index (χ4v) is 3.05. The summed E-state index contributed by atoms with van der Waals surface area (Å²) < 4.78 is 0. The predicted molar refractivity (Wildman–Crippen MR) is 116 cm³/mol. The molecule has 0 heterocycles. The molecule has 4 heteroatoms. The van der Waals surface area contributed by atoms with Crippen LogP contribution in [-0.4, -0.2) is 44.3 Å². The van der Waals surface area contributed by atoms with Crippen molar-refractivity contribution in [2.24, 2.45) is 0 Å². The number of allylic oxidation sites excluding steroid dienone is 2. The molecule has 0 radical (unpaired) electrons. The van der Waals surface area contributed by atoms with E-state index in [0.717, 1.165) is 45.1 Å². The van der Waals surface area contributed by atoms with Gasteiger partial charge in [0.25, 0.3) is 0 Å². The molecule has 0 rings (SSSR count). The molecule has 158 valence electrons. The number of hydrogen-bond acceptors (Lipinski definition) is 3. The normalized spacial score (nSPS) is 11.4. The molecule has 0 aliphatic carbocycles. The first-order chi connectivity index (χ1) is 13.2. The summed E-state index contributed by atoms with van der Waals surface area (Å²) in [4.78, 5) is 24.0. The summed E-state index contributed by atoms with van der Waals surface area (Å²) in [6.07, 6.45) is 22.5. The quantitative estimate of drug-likeness (QED) is 0.178. The van der Waals surface area contributed by atoms with Gasteiger partial charge in [-0.05, 0) is 65.6 Å². The Kier molecular flexibility index (Phi) is 20.2. The Morgan fingerprint density at radius 2 is 1.26 bits per heavy atom. The summed E-state index contributed by atoms with van der Waals surface area (Å²) >= 11 is 0. The van der Waals surface area contributed by atoms with Crippen molar-refractivity contribution in [1.29, 1.82) is 0 Å². The van der Waals surface area contributed by atoms with Crippen molar-refractivity contribution in [3.63, 3.8) is 0 Å². The molecule has 0 aliphatic heterocycles. The lowest BCUT2D eigenvalue weighted by Gasteiger charge is -2.09. The summed E-state index contributed by atoms with van der Waals surface area (Å²) in [7, 11) is 4.11. The predicted octanol–water partition coefficient (Wildman–Crippen LogP) is 5.27. The van der Waals surface area contributed by atoms with Crippen LogP contribution in [0.4, 0.5) is 0 Å². The summed E-state index contributed by atoms with van der Waals surface area (Å²) in [6.45, 7) is 1.82. The van der Waals surface area contributed by atoms with Gasteiger partial charge in [-0.3, -0.25) is 4.79 Å². The molecule has 0 spiro atoms. The van der Waals surface area contributed by atoms with E-state index >= 15 is 0 Å². The van der Waals surface area contributed by atoms with Gasteiger partial charge >= 0.3 is 0 Å². The monoisotopic (exact) mass is 380 g/mol. The van der Waals surface area contributed by atoms with Gasteiger partial charge in [-0.25, -0.2) is 0 Å². The number of rotatable bonds is 20. The lowest BCUT2D eigenvalue weighted by molar-refractivity contribution is -0.121. The highest BCUT2D eigenvalue weighted by molar-refractivity contribution is 5.75. The Morgan fingerprint density at radius 1 is 0.741 bits per heavy atom. The van der Waals surface area contributed by atoms with E-state index in [1.165, 1.54) is 64.2 Å². The first-order valence-electron chi connectivity index (χ1n) is 11.2. The highest BCUT2D eigenvalue weighted by atomic mass is 16.1. The van der Waals surface area contributed by atoms with Crippen LogP contribution in [0.2, 0.25) is 0 Å². The van der Waals surface area contributed by atoms with E-state index in [2.05, 4.69) is 36.5 Å². The maximum Gasteiger partial charge on any atom is 0.219 e. The van der Waals surface area contributed by atoms with Crippen LogP contribution in [0.15, 0.2) is 12.2 Å². The molecule has 0 aromatic carbocycles. The van der Waals surface area contributed by atoms with Crippen LogP contribution < -0.4 is 5.32 Å². The van der Waals surface area contributed by atoms with Crippen LogP contribution in [0.1, 0.15) is 96.3 Å². The van der Waals surface area contributed by atoms with E-state index in [-0.39, 0.29) is 5.91 Å². The van der Waals surface area contributed by atoms with Crippen molar-refractivity contribution >= 4 is 12.2 Å². The zero-order chi connectivity index (χ0) is 20.0.